The molecule has 2 fully saturated rings. The number of benzene rings is 2. The number of hydrogen-bond acceptors (Lipinski definition) is 5. The van der Waals surface area contributed by atoms with Crippen molar-refractivity contribution in [3.8, 4) is 17.0 Å². The summed E-state index contributed by atoms with van der Waals surface area (Å²) in [7, 11) is 1.70. The first-order valence-electron chi connectivity index (χ1n) is 17.1. The Hall–Kier alpha value is -4.13. The van der Waals surface area contributed by atoms with Crippen LogP contribution in [-0.2, 0) is 11.3 Å². The number of esters is 1. The van der Waals surface area contributed by atoms with E-state index in [1.807, 2.05) is 45.9 Å². The number of rotatable bonds is 7. The van der Waals surface area contributed by atoms with Crippen molar-refractivity contribution in [2.75, 3.05) is 7.11 Å². The van der Waals surface area contributed by atoms with Gasteiger partial charge in [-0.05, 0) is 112 Å². The van der Waals surface area contributed by atoms with Gasteiger partial charge >= 0.3 is 5.97 Å². The molecule has 46 heavy (non-hydrogen) atoms. The highest BCUT2D eigenvalue weighted by molar-refractivity contribution is 6.04. The Balaban J connectivity index is 1.51. The molecule has 7 rings (SSSR count). The number of carbonyl (C=O) groups is 2. The average Bonchev–Trinajstić information content (AvgIpc) is 3.53. The molecule has 4 aromatic rings. The van der Waals surface area contributed by atoms with E-state index in [0.29, 0.717) is 36.1 Å². The summed E-state index contributed by atoms with van der Waals surface area (Å²) < 4.78 is 16.1. The number of aromatic nitrogens is 3. The predicted octanol–water partition coefficient (Wildman–Crippen LogP) is 9.39. The van der Waals surface area contributed by atoms with Crippen LogP contribution in [0.5, 0.6) is 5.75 Å². The molecule has 0 atom stereocenters. The van der Waals surface area contributed by atoms with Gasteiger partial charge in [0.1, 0.15) is 11.4 Å². The van der Waals surface area contributed by atoms with E-state index in [9.17, 15) is 9.59 Å². The third kappa shape index (κ3) is 5.37. The highest BCUT2D eigenvalue weighted by atomic mass is 16.6. The molecule has 0 amide bonds. The van der Waals surface area contributed by atoms with Gasteiger partial charge in [0.25, 0.3) is 0 Å². The van der Waals surface area contributed by atoms with Crippen LogP contribution in [0.25, 0.3) is 33.8 Å². The maximum atomic E-state index is 13.4. The molecule has 240 valence electrons. The fourth-order valence-corrected chi connectivity index (χ4v) is 7.63. The molecule has 3 aliphatic rings. The molecule has 7 nitrogen and oxygen atoms in total. The first-order chi connectivity index (χ1) is 22.2. The summed E-state index contributed by atoms with van der Waals surface area (Å²) in [4.78, 5) is 26.8. The average molecular weight is 620 g/mol. The fourth-order valence-electron chi connectivity index (χ4n) is 7.63. The molecule has 1 aliphatic heterocycles. The molecule has 0 radical (unpaired) electrons. The summed E-state index contributed by atoms with van der Waals surface area (Å²) in [5.41, 5.74) is 8.40. The Labute approximate surface area is 271 Å². The monoisotopic (exact) mass is 619 g/mol. The number of methoxy groups -OCH3 is 1. The van der Waals surface area contributed by atoms with Crippen LogP contribution in [0.1, 0.15) is 135 Å². The Bertz CT molecular complexity index is 1860. The summed E-state index contributed by atoms with van der Waals surface area (Å²) in [5.74, 6) is 0.999. The largest absolute Gasteiger partial charge is 0.497 e. The first kappa shape index (κ1) is 30.5. The molecular formula is C39H45N3O4. The van der Waals surface area contributed by atoms with Gasteiger partial charge in [-0.1, -0.05) is 32.3 Å². The van der Waals surface area contributed by atoms with E-state index in [1.54, 1.807) is 13.3 Å². The second-order valence-electron chi connectivity index (χ2n) is 14.3. The third-order valence-electron chi connectivity index (χ3n) is 10.1. The number of allylic oxidation sites excluding steroid dienone is 1. The predicted molar refractivity (Wildman–Crippen MR) is 183 cm³/mol. The van der Waals surface area contributed by atoms with Gasteiger partial charge in [-0.2, -0.15) is 5.10 Å². The van der Waals surface area contributed by atoms with E-state index in [1.165, 1.54) is 42.3 Å². The van der Waals surface area contributed by atoms with E-state index >= 15 is 0 Å². The molecule has 7 heteroatoms. The quantitative estimate of drug-likeness (QED) is 0.152. The van der Waals surface area contributed by atoms with Gasteiger partial charge in [0.2, 0.25) is 0 Å². The second-order valence-corrected chi connectivity index (χ2v) is 14.3. The maximum absolute atomic E-state index is 13.4. The lowest BCUT2D eigenvalue weighted by atomic mass is 9.81. The van der Waals surface area contributed by atoms with Crippen LogP contribution in [0.4, 0.5) is 0 Å². The zero-order valence-electron chi connectivity index (χ0n) is 27.8. The standard InChI is InChI=1S/C39H45N3O4/c1-6-34(43)32-22-40-42(28-13-10-14-28)36(32)27-19-26-20-29(45-5)16-18-30(26)37-35(24-11-8-7-9-12-24)31-17-15-25(21-33(31)41(37)23-27)38(44)46-39(2,3)4/h15-22,24,28H,6-14,23H2,1-5H3. The zero-order valence-corrected chi connectivity index (χ0v) is 27.8. The van der Waals surface area contributed by atoms with Crippen LogP contribution in [0.15, 0.2) is 42.6 Å². The molecule has 2 aromatic heterocycles. The number of fused-ring (bicyclic) bond motifs is 5. The van der Waals surface area contributed by atoms with Crippen molar-refractivity contribution in [3.63, 3.8) is 0 Å². The van der Waals surface area contributed by atoms with Crippen LogP contribution in [-0.4, -0.2) is 38.8 Å². The van der Waals surface area contributed by atoms with Crippen LogP contribution in [0.3, 0.4) is 0 Å². The summed E-state index contributed by atoms with van der Waals surface area (Å²) in [6.07, 6.45) is 13.7. The van der Waals surface area contributed by atoms with Gasteiger partial charge in [-0.25, -0.2) is 4.79 Å². The molecule has 0 saturated heterocycles. The molecular weight excluding hydrogens is 574 g/mol. The van der Waals surface area contributed by atoms with Crippen molar-refractivity contribution < 1.29 is 19.1 Å². The van der Waals surface area contributed by atoms with Gasteiger partial charge < -0.3 is 14.0 Å². The lowest BCUT2D eigenvalue weighted by molar-refractivity contribution is 0.00695. The minimum absolute atomic E-state index is 0.101. The Morgan fingerprint density at radius 1 is 0.957 bits per heavy atom. The number of ether oxygens (including phenoxy) is 2. The minimum Gasteiger partial charge on any atom is -0.497 e. The first-order valence-corrected chi connectivity index (χ1v) is 17.1. The van der Waals surface area contributed by atoms with Crippen molar-refractivity contribution in [2.24, 2.45) is 0 Å². The Morgan fingerprint density at radius 3 is 2.41 bits per heavy atom. The molecule has 2 saturated carbocycles. The Kier molecular flexibility index (Phi) is 7.90. The van der Waals surface area contributed by atoms with Gasteiger partial charge in [0.05, 0.1) is 48.4 Å². The molecule has 2 aromatic carbocycles. The number of ketones is 1. The highest BCUT2D eigenvalue weighted by Crippen LogP contribution is 2.48. The molecule has 0 N–H and O–H groups in total. The summed E-state index contributed by atoms with van der Waals surface area (Å²) in [6, 6.07) is 12.7. The van der Waals surface area contributed by atoms with E-state index in [4.69, 9.17) is 14.6 Å². The molecule has 0 bridgehead atoms. The number of Topliss-reactive ketones (excluding diaryl/α,β-unsaturated/α-hetero) is 1. The van der Waals surface area contributed by atoms with Crippen LogP contribution in [0, 0.1) is 0 Å². The number of carbonyl (C=O) groups excluding carboxylic acids is 2. The lowest BCUT2D eigenvalue weighted by Crippen LogP contribution is -2.23. The molecule has 3 heterocycles. The van der Waals surface area contributed by atoms with Crippen molar-refractivity contribution in [3.05, 3.63) is 70.5 Å². The van der Waals surface area contributed by atoms with Gasteiger partial charge in [0.15, 0.2) is 5.78 Å². The van der Waals surface area contributed by atoms with Gasteiger partial charge in [0, 0.05) is 22.9 Å². The Morgan fingerprint density at radius 2 is 1.74 bits per heavy atom. The number of nitrogens with zero attached hydrogens (tertiary/aromatic N) is 3. The smallest absolute Gasteiger partial charge is 0.338 e. The highest BCUT2D eigenvalue weighted by Gasteiger charge is 2.33. The van der Waals surface area contributed by atoms with Crippen molar-refractivity contribution in [1.82, 2.24) is 14.3 Å². The normalized spacial score (nSPS) is 17.1. The second kappa shape index (κ2) is 11.9. The topological polar surface area (TPSA) is 75.3 Å². The molecule has 2 aliphatic carbocycles. The lowest BCUT2D eigenvalue weighted by Gasteiger charge is -2.28. The SMILES string of the molecule is CCC(=O)c1cnn(C2CCC2)c1C1=Cc2cc(OC)ccc2-c2c(C3CCCCC3)c3ccc(C(=O)OC(C)(C)C)cc3n2C1. The summed E-state index contributed by atoms with van der Waals surface area (Å²) >= 11 is 0. The van der Waals surface area contributed by atoms with Crippen molar-refractivity contribution in [2.45, 2.75) is 110 Å². The van der Waals surface area contributed by atoms with Crippen LogP contribution >= 0.6 is 0 Å². The molecule has 0 spiro atoms. The third-order valence-corrected chi connectivity index (χ3v) is 10.1. The van der Waals surface area contributed by atoms with Crippen LogP contribution < -0.4 is 4.74 Å². The summed E-state index contributed by atoms with van der Waals surface area (Å²) in [6.45, 7) is 8.17. The van der Waals surface area contributed by atoms with E-state index in [-0.39, 0.29) is 11.8 Å². The maximum Gasteiger partial charge on any atom is 0.338 e. The van der Waals surface area contributed by atoms with Crippen molar-refractivity contribution in [1.29, 1.82) is 0 Å². The van der Waals surface area contributed by atoms with E-state index < -0.39 is 5.60 Å². The van der Waals surface area contributed by atoms with Gasteiger partial charge in [-0.15, -0.1) is 0 Å². The molecule has 0 unspecified atom stereocenters. The van der Waals surface area contributed by atoms with E-state index in [0.717, 1.165) is 59.3 Å². The van der Waals surface area contributed by atoms with Gasteiger partial charge in [-0.3, -0.25) is 9.48 Å². The fraction of sp³-hybridized carbons (Fsp3) is 0.462. The summed E-state index contributed by atoms with van der Waals surface area (Å²) in [5, 5.41) is 6.02. The van der Waals surface area contributed by atoms with E-state index in [2.05, 4.69) is 33.5 Å². The zero-order chi connectivity index (χ0) is 32.2. The van der Waals surface area contributed by atoms with Crippen LogP contribution in [0.2, 0.25) is 0 Å². The number of hydrogen-bond donors (Lipinski definition) is 0. The van der Waals surface area contributed by atoms with Crippen molar-refractivity contribution >= 4 is 34.3 Å². The minimum atomic E-state index is -0.592.